The SMILES string of the molecule is CC(C)(C)c1ccc(N2B3c4cccc5c4N(c4ccccc4C54c5ccccc5-c5ccccc54)c4cc5c(c(c43)-c3ccc4oc6ccccc6c4c32)-c2ccccc2C5(C)C)cc1. The zero-order valence-corrected chi connectivity index (χ0v) is 37.7. The van der Waals surface area contributed by atoms with Gasteiger partial charge in [-0.05, 0) is 126 Å². The largest absolute Gasteiger partial charge is 0.456 e. The summed E-state index contributed by atoms with van der Waals surface area (Å²) in [6.45, 7) is 11.6. The summed E-state index contributed by atoms with van der Waals surface area (Å²) < 4.78 is 6.81. The van der Waals surface area contributed by atoms with Gasteiger partial charge >= 0.3 is 6.85 Å². The van der Waals surface area contributed by atoms with Crippen LogP contribution in [0.4, 0.5) is 28.4 Å². The Morgan fingerprint density at radius 3 is 1.86 bits per heavy atom. The zero-order chi connectivity index (χ0) is 44.0. The van der Waals surface area contributed by atoms with Gasteiger partial charge in [-0.2, -0.15) is 0 Å². The summed E-state index contributed by atoms with van der Waals surface area (Å²) in [5.41, 5.74) is 27.1. The fourth-order valence-electron chi connectivity index (χ4n) is 13.4. The van der Waals surface area contributed by atoms with E-state index < -0.39 is 5.41 Å². The van der Waals surface area contributed by atoms with E-state index in [2.05, 4.69) is 226 Å². The highest BCUT2D eigenvalue weighted by atomic mass is 16.3. The Labute approximate surface area is 385 Å². The molecule has 0 fully saturated rings. The van der Waals surface area contributed by atoms with E-state index in [1.165, 1.54) is 112 Å². The van der Waals surface area contributed by atoms with Crippen molar-refractivity contribution in [2.75, 3.05) is 9.71 Å². The van der Waals surface area contributed by atoms with E-state index in [0.717, 1.165) is 21.9 Å². The van der Waals surface area contributed by atoms with Crippen molar-refractivity contribution in [3.05, 3.63) is 221 Å². The van der Waals surface area contributed by atoms with Gasteiger partial charge in [0.15, 0.2) is 0 Å². The number of furan rings is 1. The van der Waals surface area contributed by atoms with Crippen LogP contribution in [0, 0.1) is 0 Å². The van der Waals surface area contributed by atoms with Crippen molar-refractivity contribution in [1.82, 2.24) is 0 Å². The van der Waals surface area contributed by atoms with Gasteiger partial charge in [0.2, 0.25) is 0 Å². The van der Waals surface area contributed by atoms with E-state index >= 15 is 0 Å². The molecule has 2 aliphatic carbocycles. The molecule has 4 heteroatoms. The number of anilines is 5. The molecule has 1 aromatic heterocycles. The average molecular weight is 845 g/mol. The number of nitrogens with zero attached hydrogens (tertiary/aromatic N) is 2. The fourth-order valence-corrected chi connectivity index (χ4v) is 13.4. The van der Waals surface area contributed by atoms with Crippen LogP contribution in [0.1, 0.15) is 73.6 Å². The van der Waals surface area contributed by atoms with Crippen LogP contribution >= 0.6 is 0 Å². The van der Waals surface area contributed by atoms with Gasteiger partial charge in [-0.1, -0.05) is 174 Å². The lowest BCUT2D eigenvalue weighted by atomic mass is 9.42. The Bertz CT molecular complexity index is 3760. The first-order valence-corrected chi connectivity index (χ1v) is 23.6. The maximum atomic E-state index is 6.81. The van der Waals surface area contributed by atoms with Crippen molar-refractivity contribution in [2.45, 2.75) is 50.9 Å². The minimum Gasteiger partial charge on any atom is -0.456 e. The molecular formula is C62H45BN2O. The molecule has 3 aliphatic heterocycles. The summed E-state index contributed by atoms with van der Waals surface area (Å²) in [6.07, 6.45) is 0. The predicted octanol–water partition coefficient (Wildman–Crippen LogP) is 14.6. The highest BCUT2D eigenvalue weighted by Gasteiger charge is 2.57. The van der Waals surface area contributed by atoms with Gasteiger partial charge in [0, 0.05) is 39.1 Å². The van der Waals surface area contributed by atoms with Crippen LogP contribution < -0.4 is 20.6 Å². The van der Waals surface area contributed by atoms with E-state index in [0.29, 0.717) is 0 Å². The number of hydrogen-bond acceptors (Lipinski definition) is 3. The molecule has 3 nitrogen and oxygen atoms in total. The highest BCUT2D eigenvalue weighted by Crippen LogP contribution is 2.65. The van der Waals surface area contributed by atoms with Crippen LogP contribution in [0.5, 0.6) is 0 Å². The molecule has 66 heavy (non-hydrogen) atoms. The summed E-state index contributed by atoms with van der Waals surface area (Å²) in [5, 5.41) is 2.29. The van der Waals surface area contributed by atoms with Crippen molar-refractivity contribution in [3.63, 3.8) is 0 Å². The van der Waals surface area contributed by atoms with E-state index in [1.54, 1.807) is 0 Å². The second-order valence-electron chi connectivity index (χ2n) is 20.7. The summed E-state index contributed by atoms with van der Waals surface area (Å²) in [5.74, 6) is 0. The molecule has 5 aliphatic rings. The molecule has 0 N–H and O–H groups in total. The van der Waals surface area contributed by atoms with Gasteiger partial charge in [0.1, 0.15) is 11.2 Å². The molecule has 0 saturated carbocycles. The smallest absolute Gasteiger partial charge is 0.333 e. The molecular weight excluding hydrogens is 800 g/mol. The Kier molecular flexibility index (Phi) is 6.80. The lowest BCUT2D eigenvalue weighted by molar-refractivity contribution is 0.590. The molecule has 0 radical (unpaired) electrons. The first kappa shape index (κ1) is 36.7. The Hall–Kier alpha value is -7.56. The molecule has 15 rings (SSSR count). The summed E-state index contributed by atoms with van der Waals surface area (Å²) >= 11 is 0. The molecule has 1 spiro atoms. The van der Waals surface area contributed by atoms with Crippen LogP contribution in [0.25, 0.3) is 55.3 Å². The average Bonchev–Trinajstić information content (AvgIpc) is 3.95. The maximum absolute atomic E-state index is 6.81. The second kappa shape index (κ2) is 12.2. The lowest BCUT2D eigenvalue weighted by Gasteiger charge is -2.52. The minimum absolute atomic E-state index is 0.00625. The van der Waals surface area contributed by atoms with Crippen molar-refractivity contribution in [2.24, 2.45) is 0 Å². The fraction of sp³-hybridized carbons (Fsp3) is 0.129. The topological polar surface area (TPSA) is 19.6 Å². The lowest BCUT2D eigenvalue weighted by Crippen LogP contribution is -2.63. The zero-order valence-electron chi connectivity index (χ0n) is 37.7. The number of benzene rings is 9. The Balaban J connectivity index is 1.15. The van der Waals surface area contributed by atoms with Gasteiger partial charge < -0.3 is 14.1 Å². The second-order valence-corrected chi connectivity index (χ2v) is 20.7. The monoisotopic (exact) mass is 844 g/mol. The van der Waals surface area contributed by atoms with E-state index in [9.17, 15) is 0 Å². The molecule has 4 heterocycles. The van der Waals surface area contributed by atoms with E-state index in [-0.39, 0.29) is 17.7 Å². The number of rotatable bonds is 1. The van der Waals surface area contributed by atoms with Crippen LogP contribution in [-0.4, -0.2) is 6.85 Å². The van der Waals surface area contributed by atoms with Crippen LogP contribution in [0.3, 0.4) is 0 Å². The Morgan fingerprint density at radius 1 is 0.485 bits per heavy atom. The molecule has 0 saturated heterocycles. The first-order chi connectivity index (χ1) is 32.2. The van der Waals surface area contributed by atoms with Crippen LogP contribution in [-0.2, 0) is 16.2 Å². The molecule has 0 atom stereocenters. The van der Waals surface area contributed by atoms with Crippen molar-refractivity contribution in [1.29, 1.82) is 0 Å². The quantitative estimate of drug-likeness (QED) is 0.154. The third-order valence-corrected chi connectivity index (χ3v) is 16.2. The van der Waals surface area contributed by atoms with Crippen molar-refractivity contribution in [3.8, 4) is 33.4 Å². The van der Waals surface area contributed by atoms with Crippen LogP contribution in [0.15, 0.2) is 186 Å². The summed E-state index contributed by atoms with van der Waals surface area (Å²) in [6, 6.07) is 69.3. The number of para-hydroxylation sites is 3. The highest BCUT2D eigenvalue weighted by molar-refractivity contribution is 6.94. The van der Waals surface area contributed by atoms with Gasteiger partial charge in [-0.15, -0.1) is 0 Å². The van der Waals surface area contributed by atoms with E-state index in [4.69, 9.17) is 4.42 Å². The minimum atomic E-state index is -0.530. The van der Waals surface area contributed by atoms with Gasteiger partial charge in [-0.25, -0.2) is 0 Å². The molecule has 0 bridgehead atoms. The maximum Gasteiger partial charge on any atom is 0.333 e. The molecule has 312 valence electrons. The van der Waals surface area contributed by atoms with Crippen molar-refractivity contribution >= 4 is 68.1 Å². The molecule has 0 unspecified atom stereocenters. The number of hydrogen-bond donors (Lipinski definition) is 0. The summed E-state index contributed by atoms with van der Waals surface area (Å²) in [4.78, 5) is 5.38. The molecule has 10 aromatic rings. The van der Waals surface area contributed by atoms with Gasteiger partial charge in [0.25, 0.3) is 0 Å². The van der Waals surface area contributed by atoms with Crippen LogP contribution in [0.2, 0.25) is 0 Å². The van der Waals surface area contributed by atoms with Gasteiger partial charge in [-0.3, -0.25) is 0 Å². The van der Waals surface area contributed by atoms with Gasteiger partial charge in [0.05, 0.1) is 16.5 Å². The first-order valence-electron chi connectivity index (χ1n) is 23.6. The standard InChI is InChI=1S/C62H45BN2O/c1-60(2,3)36-29-31-37(32-30-36)65-58-42(33-34-53-55(58)41-20-9-15-28-52(41)66-53)56-54-40-19-8-10-21-43(40)61(4,5)48(54)35-51-57(56)63(65)49-26-16-25-47-59(49)64(51)50-27-14-13-24-46(50)62(47)44-22-11-6-17-38(44)39-18-7-12-23-45(39)62/h6-35H,1-5H3. The number of fused-ring (bicyclic) bond motifs is 21. The third kappa shape index (κ3) is 4.23. The van der Waals surface area contributed by atoms with Crippen molar-refractivity contribution < 1.29 is 4.42 Å². The van der Waals surface area contributed by atoms with E-state index in [1.807, 2.05) is 0 Å². The third-order valence-electron chi connectivity index (χ3n) is 16.2. The normalized spacial score (nSPS) is 15.8. The molecule has 0 amide bonds. The predicted molar refractivity (Wildman–Crippen MR) is 275 cm³/mol. The molecule has 9 aromatic carbocycles. The Morgan fingerprint density at radius 2 is 1.12 bits per heavy atom. The summed E-state index contributed by atoms with van der Waals surface area (Å²) in [7, 11) is 0.